The predicted molar refractivity (Wildman–Crippen MR) is 79.9 cm³/mol. The zero-order chi connectivity index (χ0) is 17.3. The number of carbonyl (C=O) groups is 1. The number of nitrogens with zero attached hydrogens (tertiary/aromatic N) is 2. The van der Waals surface area contributed by atoms with Gasteiger partial charge in [-0.15, -0.1) is 0 Å². The van der Waals surface area contributed by atoms with Crippen molar-refractivity contribution >= 4 is 5.91 Å². The fourth-order valence-electron chi connectivity index (χ4n) is 2.88. The van der Waals surface area contributed by atoms with Gasteiger partial charge in [0.15, 0.2) is 0 Å². The Labute approximate surface area is 136 Å². The lowest BCUT2D eigenvalue weighted by molar-refractivity contribution is -0.137. The van der Waals surface area contributed by atoms with Crippen molar-refractivity contribution in [3.8, 4) is 0 Å². The minimum absolute atomic E-state index is 0.115. The summed E-state index contributed by atoms with van der Waals surface area (Å²) in [5.41, 5.74) is 1.64. The zero-order valence-corrected chi connectivity index (χ0v) is 13.0. The Morgan fingerprint density at radius 2 is 1.92 bits per heavy atom. The molecule has 0 bridgehead atoms. The molecule has 1 aliphatic carbocycles. The van der Waals surface area contributed by atoms with Crippen LogP contribution in [0, 0.1) is 5.92 Å². The minimum Gasteiger partial charge on any atom is -0.349 e. The number of benzene rings is 1. The predicted octanol–water partition coefficient (Wildman–Crippen LogP) is 2.81. The number of rotatable bonds is 3. The first-order chi connectivity index (χ1) is 11.3. The van der Waals surface area contributed by atoms with Crippen LogP contribution in [0.2, 0.25) is 0 Å². The van der Waals surface area contributed by atoms with Crippen molar-refractivity contribution in [2.24, 2.45) is 5.92 Å². The van der Waals surface area contributed by atoms with Gasteiger partial charge >= 0.3 is 6.18 Å². The third kappa shape index (κ3) is 3.42. The number of halogens is 3. The van der Waals surface area contributed by atoms with E-state index in [2.05, 4.69) is 20.7 Å². The monoisotopic (exact) mass is 338 g/mol. The molecule has 0 saturated carbocycles. The molecule has 2 N–H and O–H groups in total. The second-order valence-corrected chi connectivity index (χ2v) is 6.01. The van der Waals surface area contributed by atoms with Crippen LogP contribution in [0.4, 0.5) is 13.2 Å². The Balaban J connectivity index is 1.62. The van der Waals surface area contributed by atoms with E-state index < -0.39 is 11.7 Å². The molecule has 0 radical (unpaired) electrons. The number of aromatic amines is 1. The Hall–Kier alpha value is -2.38. The van der Waals surface area contributed by atoms with Crippen molar-refractivity contribution in [1.82, 2.24) is 20.7 Å². The molecular formula is C16H17F3N4O. The summed E-state index contributed by atoms with van der Waals surface area (Å²) in [4.78, 5) is 12.4. The summed E-state index contributed by atoms with van der Waals surface area (Å²) in [5.74, 6) is -0.310. The Kier molecular flexibility index (Phi) is 4.29. The van der Waals surface area contributed by atoms with Crippen molar-refractivity contribution in [2.45, 2.75) is 38.4 Å². The molecular weight excluding hydrogens is 321 g/mol. The Morgan fingerprint density at radius 3 is 2.58 bits per heavy atom. The summed E-state index contributed by atoms with van der Waals surface area (Å²) in [6.07, 6.45) is -2.45. The minimum atomic E-state index is -4.36. The molecule has 3 rings (SSSR count). The highest BCUT2D eigenvalue weighted by molar-refractivity contribution is 5.79. The molecule has 0 fully saturated rings. The molecule has 1 amide bonds. The number of aromatic nitrogens is 3. The molecule has 1 unspecified atom stereocenters. The summed E-state index contributed by atoms with van der Waals surface area (Å²) in [6.45, 7) is 1.75. The van der Waals surface area contributed by atoms with Crippen molar-refractivity contribution < 1.29 is 18.0 Å². The standard InChI is InChI=1S/C16H17F3N4O/c1-9(10-2-5-12(6-3-10)16(17,18)19)20-15(24)11-4-7-13-14(8-11)22-23-21-13/h2-3,5-6,9,11H,4,7-8H2,1H3,(H,20,24)(H,21,22,23)/t9-,11?/m1/s1. The number of H-pyrrole nitrogens is 1. The van der Waals surface area contributed by atoms with Crippen LogP contribution in [0.3, 0.4) is 0 Å². The van der Waals surface area contributed by atoms with Crippen molar-refractivity contribution in [1.29, 1.82) is 0 Å². The van der Waals surface area contributed by atoms with Crippen LogP contribution in [0.15, 0.2) is 24.3 Å². The van der Waals surface area contributed by atoms with Gasteiger partial charge in [-0.2, -0.15) is 28.6 Å². The second kappa shape index (κ2) is 6.26. The maximum Gasteiger partial charge on any atom is 0.416 e. The smallest absolute Gasteiger partial charge is 0.349 e. The molecule has 24 heavy (non-hydrogen) atoms. The normalized spacial score (nSPS) is 18.8. The van der Waals surface area contributed by atoms with Crippen LogP contribution >= 0.6 is 0 Å². The van der Waals surface area contributed by atoms with E-state index in [1.165, 1.54) is 12.1 Å². The number of hydrogen-bond donors (Lipinski definition) is 2. The molecule has 128 valence electrons. The van der Waals surface area contributed by atoms with E-state index in [-0.39, 0.29) is 17.9 Å². The second-order valence-electron chi connectivity index (χ2n) is 6.01. The van der Waals surface area contributed by atoms with Crippen molar-refractivity contribution in [2.75, 3.05) is 0 Å². The average Bonchev–Trinajstić information content (AvgIpc) is 3.01. The van der Waals surface area contributed by atoms with Gasteiger partial charge in [0.2, 0.25) is 5.91 Å². The topological polar surface area (TPSA) is 70.7 Å². The van der Waals surface area contributed by atoms with E-state index >= 15 is 0 Å². The summed E-state index contributed by atoms with van der Waals surface area (Å²) in [5, 5.41) is 13.5. The lowest BCUT2D eigenvalue weighted by Gasteiger charge is -2.22. The van der Waals surface area contributed by atoms with E-state index in [0.29, 0.717) is 24.8 Å². The van der Waals surface area contributed by atoms with Crippen LogP contribution < -0.4 is 5.32 Å². The fourth-order valence-corrected chi connectivity index (χ4v) is 2.88. The molecule has 8 heteroatoms. The molecule has 1 aromatic carbocycles. The highest BCUT2D eigenvalue weighted by atomic mass is 19.4. The van der Waals surface area contributed by atoms with E-state index in [0.717, 1.165) is 23.5 Å². The van der Waals surface area contributed by atoms with Crippen molar-refractivity contribution in [3.63, 3.8) is 0 Å². The molecule has 1 aliphatic rings. The van der Waals surface area contributed by atoms with Crippen LogP contribution in [-0.2, 0) is 23.8 Å². The van der Waals surface area contributed by atoms with Gasteiger partial charge in [-0.3, -0.25) is 4.79 Å². The molecule has 1 heterocycles. The largest absolute Gasteiger partial charge is 0.416 e. The van der Waals surface area contributed by atoms with E-state index in [9.17, 15) is 18.0 Å². The lowest BCUT2D eigenvalue weighted by atomic mass is 9.89. The van der Waals surface area contributed by atoms with Gasteiger partial charge in [0.1, 0.15) is 0 Å². The Bertz CT molecular complexity index is 724. The highest BCUT2D eigenvalue weighted by Crippen LogP contribution is 2.30. The molecule has 2 atom stereocenters. The average molecular weight is 338 g/mol. The molecule has 1 aromatic heterocycles. The molecule has 0 aliphatic heterocycles. The van der Waals surface area contributed by atoms with Crippen LogP contribution in [0.5, 0.6) is 0 Å². The van der Waals surface area contributed by atoms with Gasteiger partial charge < -0.3 is 5.32 Å². The van der Waals surface area contributed by atoms with Gasteiger partial charge in [0.25, 0.3) is 0 Å². The summed E-state index contributed by atoms with van der Waals surface area (Å²) >= 11 is 0. The van der Waals surface area contributed by atoms with E-state index in [1.807, 2.05) is 0 Å². The van der Waals surface area contributed by atoms with Crippen molar-refractivity contribution in [3.05, 3.63) is 46.8 Å². The van der Waals surface area contributed by atoms with Crippen LogP contribution in [0.25, 0.3) is 0 Å². The molecule has 0 saturated heterocycles. The van der Waals surface area contributed by atoms with E-state index in [4.69, 9.17) is 0 Å². The third-order valence-corrected chi connectivity index (χ3v) is 4.34. The van der Waals surface area contributed by atoms with Gasteiger partial charge in [-0.1, -0.05) is 12.1 Å². The first kappa shape index (κ1) is 16.5. The molecule has 5 nitrogen and oxygen atoms in total. The molecule has 2 aromatic rings. The summed E-state index contributed by atoms with van der Waals surface area (Å²) in [6, 6.07) is 4.48. The van der Waals surface area contributed by atoms with Gasteiger partial charge in [-0.25, -0.2) is 0 Å². The number of amides is 1. The highest BCUT2D eigenvalue weighted by Gasteiger charge is 2.31. The quantitative estimate of drug-likeness (QED) is 0.904. The van der Waals surface area contributed by atoms with Crippen LogP contribution in [-0.4, -0.2) is 21.3 Å². The third-order valence-electron chi connectivity index (χ3n) is 4.34. The number of nitrogens with one attached hydrogen (secondary N) is 2. The zero-order valence-electron chi connectivity index (χ0n) is 13.0. The van der Waals surface area contributed by atoms with Gasteiger partial charge in [0, 0.05) is 12.3 Å². The first-order valence-electron chi connectivity index (χ1n) is 7.70. The van der Waals surface area contributed by atoms with Gasteiger partial charge in [-0.05, 0) is 37.5 Å². The number of hydrogen-bond acceptors (Lipinski definition) is 3. The number of carbonyl (C=O) groups excluding carboxylic acids is 1. The van der Waals surface area contributed by atoms with E-state index in [1.54, 1.807) is 6.92 Å². The number of alkyl halides is 3. The Morgan fingerprint density at radius 1 is 1.25 bits per heavy atom. The van der Waals surface area contributed by atoms with Gasteiger partial charge in [0.05, 0.1) is 23.0 Å². The maximum absolute atomic E-state index is 12.6. The fraction of sp³-hybridized carbons (Fsp3) is 0.438. The summed E-state index contributed by atoms with van der Waals surface area (Å²) < 4.78 is 37.8. The number of fused-ring (bicyclic) bond motifs is 1. The lowest BCUT2D eigenvalue weighted by Crippen LogP contribution is -2.35. The molecule has 0 spiro atoms. The SMILES string of the molecule is C[C@@H](NC(=O)C1CCc2n[nH]nc2C1)c1ccc(C(F)(F)F)cc1. The maximum atomic E-state index is 12.6. The summed E-state index contributed by atoms with van der Waals surface area (Å²) in [7, 11) is 0. The first-order valence-corrected chi connectivity index (χ1v) is 7.70. The number of aryl methyl sites for hydroxylation is 1. The van der Waals surface area contributed by atoms with Crippen LogP contribution in [0.1, 0.15) is 41.9 Å².